The third-order valence-corrected chi connectivity index (χ3v) is 4.54. The van der Waals surface area contributed by atoms with Crippen molar-refractivity contribution >= 4 is 33.3 Å². The van der Waals surface area contributed by atoms with Gasteiger partial charge in [0.15, 0.2) is 0 Å². The molecule has 3 N–H and O–H groups in total. The van der Waals surface area contributed by atoms with Gasteiger partial charge < -0.3 is 15.8 Å². The molecule has 0 aliphatic rings. The Bertz CT molecular complexity index is 755. The minimum absolute atomic E-state index is 0.115. The van der Waals surface area contributed by atoms with Crippen LogP contribution < -0.4 is 15.8 Å². The van der Waals surface area contributed by atoms with Crippen LogP contribution in [0.4, 0.5) is 11.9 Å². The van der Waals surface area contributed by atoms with Crippen molar-refractivity contribution in [3.05, 3.63) is 35.2 Å². The molecule has 22 heavy (non-hydrogen) atoms. The number of hydrogen-bond donors (Lipinski definition) is 2. The molecule has 0 aliphatic carbocycles. The maximum absolute atomic E-state index is 5.67. The number of rotatable bonds is 5. The van der Waals surface area contributed by atoms with Crippen molar-refractivity contribution < 1.29 is 4.74 Å². The molecule has 0 fully saturated rings. The van der Waals surface area contributed by atoms with E-state index in [1.54, 1.807) is 11.3 Å². The van der Waals surface area contributed by atoms with E-state index in [4.69, 9.17) is 10.5 Å². The van der Waals surface area contributed by atoms with Crippen LogP contribution in [0, 0.1) is 0 Å². The number of nitrogen functional groups attached to an aromatic ring is 1. The average Bonchev–Trinajstić information content (AvgIpc) is 2.95. The molecule has 0 radical (unpaired) electrons. The van der Waals surface area contributed by atoms with Gasteiger partial charge in [0.1, 0.15) is 0 Å². The van der Waals surface area contributed by atoms with E-state index in [-0.39, 0.29) is 18.0 Å². The zero-order valence-electron chi connectivity index (χ0n) is 12.4. The molecular weight excluding hydrogens is 298 g/mol. The van der Waals surface area contributed by atoms with Crippen LogP contribution in [0.1, 0.15) is 24.3 Å². The minimum atomic E-state index is 0.115. The Hall–Kier alpha value is -2.41. The quantitative estimate of drug-likeness (QED) is 0.751. The molecule has 3 rings (SSSR count). The normalized spacial score (nSPS) is 12.3. The van der Waals surface area contributed by atoms with Crippen LogP contribution >= 0.6 is 11.3 Å². The highest BCUT2D eigenvalue weighted by atomic mass is 32.1. The smallest absolute Gasteiger partial charge is 0.322 e. The standard InChI is InChI=1S/C15H17N5OS/c1-3-10(12-8-9-6-4-5-7-11(9)22-12)17-14-18-13(16)19-15(20-14)21-2/h4-8,10H,3H2,1-2H3,(H3,16,17,18,19,20). The van der Waals surface area contributed by atoms with E-state index in [1.807, 2.05) is 6.07 Å². The number of benzene rings is 1. The molecule has 1 aromatic carbocycles. The van der Waals surface area contributed by atoms with Crippen LogP contribution in [-0.4, -0.2) is 22.1 Å². The Kier molecular flexibility index (Phi) is 4.06. The summed E-state index contributed by atoms with van der Waals surface area (Å²) in [5, 5.41) is 4.56. The Morgan fingerprint density at radius 1 is 1.27 bits per heavy atom. The second kappa shape index (κ2) is 6.15. The van der Waals surface area contributed by atoms with Crippen molar-refractivity contribution in [3.8, 4) is 6.01 Å². The number of anilines is 2. The van der Waals surface area contributed by atoms with Gasteiger partial charge >= 0.3 is 6.01 Å². The Morgan fingerprint density at radius 3 is 2.82 bits per heavy atom. The van der Waals surface area contributed by atoms with Crippen LogP contribution in [0.5, 0.6) is 6.01 Å². The lowest BCUT2D eigenvalue weighted by atomic mass is 10.1. The fourth-order valence-electron chi connectivity index (χ4n) is 2.23. The maximum Gasteiger partial charge on any atom is 0.322 e. The minimum Gasteiger partial charge on any atom is -0.467 e. The van der Waals surface area contributed by atoms with Gasteiger partial charge in [-0.15, -0.1) is 11.3 Å². The van der Waals surface area contributed by atoms with E-state index in [0.29, 0.717) is 5.95 Å². The lowest BCUT2D eigenvalue weighted by molar-refractivity contribution is 0.379. The zero-order chi connectivity index (χ0) is 15.5. The summed E-state index contributed by atoms with van der Waals surface area (Å²) in [6.07, 6.45) is 0.903. The first-order valence-electron chi connectivity index (χ1n) is 7.00. The van der Waals surface area contributed by atoms with Gasteiger partial charge in [-0.1, -0.05) is 25.1 Å². The number of nitrogens with zero attached hydrogens (tertiary/aromatic N) is 3. The molecule has 0 saturated carbocycles. The van der Waals surface area contributed by atoms with Crippen molar-refractivity contribution in [2.75, 3.05) is 18.2 Å². The number of fused-ring (bicyclic) bond motifs is 1. The Morgan fingerprint density at radius 2 is 2.09 bits per heavy atom. The molecule has 7 heteroatoms. The third kappa shape index (κ3) is 2.94. The summed E-state index contributed by atoms with van der Waals surface area (Å²) in [5.74, 6) is 0.564. The first kappa shape index (κ1) is 14.5. The van der Waals surface area contributed by atoms with Crippen LogP contribution in [0.15, 0.2) is 30.3 Å². The van der Waals surface area contributed by atoms with Crippen LogP contribution in [0.25, 0.3) is 10.1 Å². The summed E-state index contributed by atoms with van der Waals surface area (Å²) in [5.41, 5.74) is 5.67. The predicted molar refractivity (Wildman–Crippen MR) is 89.3 cm³/mol. The van der Waals surface area contributed by atoms with Gasteiger partial charge in [-0.2, -0.15) is 15.0 Å². The first-order valence-corrected chi connectivity index (χ1v) is 7.81. The molecule has 1 unspecified atom stereocenters. The van der Waals surface area contributed by atoms with Gasteiger partial charge in [0.05, 0.1) is 13.2 Å². The summed E-state index contributed by atoms with van der Waals surface area (Å²) in [6, 6.07) is 10.9. The number of nitrogens with one attached hydrogen (secondary N) is 1. The van der Waals surface area contributed by atoms with Gasteiger partial charge in [0.25, 0.3) is 0 Å². The molecule has 0 aliphatic heterocycles. The molecule has 2 heterocycles. The first-order chi connectivity index (χ1) is 10.7. The summed E-state index contributed by atoms with van der Waals surface area (Å²) < 4.78 is 6.29. The second-order valence-corrected chi connectivity index (χ2v) is 5.91. The van der Waals surface area contributed by atoms with E-state index in [2.05, 4.69) is 51.5 Å². The number of ether oxygens (including phenoxy) is 1. The summed E-state index contributed by atoms with van der Waals surface area (Å²) in [7, 11) is 1.50. The lowest BCUT2D eigenvalue weighted by Gasteiger charge is -2.15. The third-order valence-electron chi connectivity index (χ3n) is 3.31. The van der Waals surface area contributed by atoms with Crippen LogP contribution in [0.2, 0.25) is 0 Å². The molecule has 1 atom stereocenters. The van der Waals surface area contributed by atoms with Crippen LogP contribution in [0.3, 0.4) is 0 Å². The monoisotopic (exact) mass is 315 g/mol. The van der Waals surface area contributed by atoms with Crippen molar-refractivity contribution in [1.29, 1.82) is 0 Å². The van der Waals surface area contributed by atoms with E-state index in [9.17, 15) is 0 Å². The van der Waals surface area contributed by atoms with Gasteiger partial charge in [-0.25, -0.2) is 0 Å². The summed E-state index contributed by atoms with van der Waals surface area (Å²) >= 11 is 1.77. The van der Waals surface area contributed by atoms with Gasteiger partial charge in [-0.3, -0.25) is 0 Å². The Balaban J connectivity index is 1.89. The topological polar surface area (TPSA) is 86.0 Å². The van der Waals surface area contributed by atoms with Gasteiger partial charge in [-0.05, 0) is 23.9 Å². The second-order valence-electron chi connectivity index (χ2n) is 4.80. The summed E-state index contributed by atoms with van der Waals surface area (Å²) in [4.78, 5) is 13.4. The maximum atomic E-state index is 5.67. The fourth-order valence-corrected chi connectivity index (χ4v) is 3.43. The van der Waals surface area contributed by atoms with Gasteiger partial charge in [0, 0.05) is 9.58 Å². The Labute approximate surface area is 132 Å². The van der Waals surface area contributed by atoms with Gasteiger partial charge in [0.2, 0.25) is 11.9 Å². The molecule has 114 valence electrons. The van der Waals surface area contributed by atoms with E-state index >= 15 is 0 Å². The molecule has 2 aromatic heterocycles. The number of hydrogen-bond acceptors (Lipinski definition) is 7. The molecular formula is C15H17N5OS. The molecule has 3 aromatic rings. The molecule has 0 amide bonds. The largest absolute Gasteiger partial charge is 0.467 e. The predicted octanol–water partition coefficient (Wildman–Crippen LogP) is 3.24. The highest BCUT2D eigenvalue weighted by Crippen LogP contribution is 2.32. The van der Waals surface area contributed by atoms with Crippen LogP contribution in [-0.2, 0) is 0 Å². The molecule has 0 saturated heterocycles. The molecule has 6 nitrogen and oxygen atoms in total. The molecule has 0 bridgehead atoms. The van der Waals surface area contributed by atoms with Crippen molar-refractivity contribution in [1.82, 2.24) is 15.0 Å². The SMILES string of the molecule is CCC(Nc1nc(N)nc(OC)n1)c1cc2ccccc2s1. The highest BCUT2D eigenvalue weighted by molar-refractivity contribution is 7.19. The van der Waals surface area contributed by atoms with E-state index < -0.39 is 0 Å². The number of nitrogens with two attached hydrogens (primary N) is 1. The molecule has 0 spiro atoms. The fraction of sp³-hybridized carbons (Fsp3) is 0.267. The number of aromatic nitrogens is 3. The summed E-state index contributed by atoms with van der Waals surface area (Å²) in [6.45, 7) is 2.11. The van der Waals surface area contributed by atoms with E-state index in [0.717, 1.165) is 6.42 Å². The lowest BCUT2D eigenvalue weighted by Crippen LogP contribution is -2.13. The highest BCUT2D eigenvalue weighted by Gasteiger charge is 2.15. The zero-order valence-corrected chi connectivity index (χ0v) is 13.2. The van der Waals surface area contributed by atoms with Crippen molar-refractivity contribution in [2.45, 2.75) is 19.4 Å². The number of thiophene rings is 1. The van der Waals surface area contributed by atoms with Crippen molar-refractivity contribution in [2.24, 2.45) is 0 Å². The van der Waals surface area contributed by atoms with Crippen molar-refractivity contribution in [3.63, 3.8) is 0 Å². The van der Waals surface area contributed by atoms with E-state index in [1.165, 1.54) is 22.1 Å². The number of methoxy groups -OCH3 is 1. The average molecular weight is 315 g/mol.